The summed E-state index contributed by atoms with van der Waals surface area (Å²) in [6.07, 6.45) is 0.0452. The fourth-order valence-corrected chi connectivity index (χ4v) is 5.72. The lowest BCUT2D eigenvalue weighted by atomic mass is 9.87. The zero-order chi connectivity index (χ0) is 10.8. The van der Waals surface area contributed by atoms with Crippen molar-refractivity contribution in [2.75, 3.05) is 11.5 Å². The van der Waals surface area contributed by atoms with Crippen LogP contribution in [0.15, 0.2) is 0 Å². The first kappa shape index (κ1) is 12.2. The van der Waals surface area contributed by atoms with E-state index in [1.807, 2.05) is 0 Å². The molecular weight excluding hydrogens is 302 g/mol. The molecule has 86 valence electrons. The molecule has 2 atom stereocenters. The Hall–Kier alpha value is 0.780. The highest BCUT2D eigenvalue weighted by atomic mass is 79.9. The molecular formula is C10H14BrF2S2+. The number of alkyl halides is 3. The minimum Gasteiger partial charge on any atom is -0.246 e. The third-order valence-electron chi connectivity index (χ3n) is 2.79. The first-order chi connectivity index (χ1) is 7.18. The van der Waals surface area contributed by atoms with Crippen LogP contribution >= 0.6 is 27.7 Å². The molecule has 2 rings (SSSR count). The minimum absolute atomic E-state index is 0.0120. The molecule has 2 aliphatic rings. The average molecular weight is 316 g/mol. The van der Waals surface area contributed by atoms with Crippen LogP contribution in [0.1, 0.15) is 19.3 Å². The van der Waals surface area contributed by atoms with E-state index in [9.17, 15) is 8.78 Å². The smallest absolute Gasteiger partial charge is 0.243 e. The van der Waals surface area contributed by atoms with Gasteiger partial charge in [0, 0.05) is 17.0 Å². The van der Waals surface area contributed by atoms with Crippen molar-refractivity contribution in [3.05, 3.63) is 0 Å². The van der Waals surface area contributed by atoms with Crippen molar-refractivity contribution in [2.45, 2.75) is 36.4 Å². The highest BCUT2D eigenvalue weighted by molar-refractivity contribution is 9.09. The molecule has 0 bridgehead atoms. The zero-order valence-corrected chi connectivity index (χ0v) is 11.5. The summed E-state index contributed by atoms with van der Waals surface area (Å²) in [7, 11) is 0. The molecule has 5 heteroatoms. The lowest BCUT2D eigenvalue weighted by Crippen LogP contribution is -2.41. The molecule has 1 aliphatic carbocycles. The molecule has 1 heterocycles. The van der Waals surface area contributed by atoms with Crippen LogP contribution in [-0.2, 0) is 11.4 Å². The van der Waals surface area contributed by atoms with Gasteiger partial charge in [0.25, 0.3) is 0 Å². The lowest BCUT2D eigenvalue weighted by Gasteiger charge is -2.30. The Labute approximate surface area is 106 Å². The zero-order valence-electron chi connectivity index (χ0n) is 8.30. The molecule has 0 nitrogen and oxygen atoms in total. The maximum absolute atomic E-state index is 13.8. The lowest BCUT2D eigenvalue weighted by molar-refractivity contribution is 0.126. The Morgan fingerprint density at radius 3 is 2.47 bits per heavy atom. The largest absolute Gasteiger partial charge is 0.246 e. The van der Waals surface area contributed by atoms with Crippen molar-refractivity contribution >= 4 is 43.2 Å². The maximum Gasteiger partial charge on any atom is 0.243 e. The van der Waals surface area contributed by atoms with Crippen molar-refractivity contribution in [3.8, 4) is 0 Å². The van der Waals surface area contributed by atoms with Gasteiger partial charge in [-0.15, -0.1) is 0 Å². The van der Waals surface area contributed by atoms with Crippen LogP contribution in [0.4, 0.5) is 8.78 Å². The van der Waals surface area contributed by atoms with E-state index >= 15 is 0 Å². The normalized spacial score (nSPS) is 42.5. The molecule has 15 heavy (non-hydrogen) atoms. The molecule has 2 unspecified atom stereocenters. The van der Waals surface area contributed by atoms with Crippen LogP contribution < -0.4 is 0 Å². The van der Waals surface area contributed by atoms with E-state index < -0.39 is 18.3 Å². The van der Waals surface area contributed by atoms with Gasteiger partial charge in [0.2, 0.25) is 4.20 Å². The van der Waals surface area contributed by atoms with Gasteiger partial charge in [0.15, 0.2) is 17.1 Å². The van der Waals surface area contributed by atoms with Crippen molar-refractivity contribution in [1.29, 1.82) is 0 Å². The maximum atomic E-state index is 13.8. The predicted molar refractivity (Wildman–Crippen MR) is 69.5 cm³/mol. The van der Waals surface area contributed by atoms with Crippen LogP contribution in [-0.4, -0.2) is 32.9 Å². The van der Waals surface area contributed by atoms with Gasteiger partial charge in [-0.25, -0.2) is 8.78 Å². The summed E-state index contributed by atoms with van der Waals surface area (Å²) in [4.78, 5) is 0.0120. The SMILES string of the molecule is FC1CC(Br)CC(F)C1C1=[S+]CCCS1. The summed E-state index contributed by atoms with van der Waals surface area (Å²) in [5.74, 6) is 1.58. The van der Waals surface area contributed by atoms with Gasteiger partial charge in [-0.05, 0) is 12.8 Å². The van der Waals surface area contributed by atoms with E-state index in [0.29, 0.717) is 12.8 Å². The molecule has 0 N–H and O–H groups in total. The molecule has 0 aromatic carbocycles. The second kappa shape index (κ2) is 5.41. The van der Waals surface area contributed by atoms with E-state index in [0.717, 1.165) is 22.1 Å². The Balaban J connectivity index is 2.09. The average Bonchev–Trinajstić information content (AvgIpc) is 2.17. The topological polar surface area (TPSA) is 0 Å². The summed E-state index contributed by atoms with van der Waals surface area (Å²) in [6.45, 7) is 0. The second-order valence-electron chi connectivity index (χ2n) is 4.00. The molecule has 0 spiro atoms. The first-order valence-corrected chi connectivity index (χ1v) is 8.12. The molecule has 1 fully saturated rings. The Bertz CT molecular complexity index is 248. The third-order valence-corrected chi connectivity index (χ3v) is 6.34. The van der Waals surface area contributed by atoms with Crippen molar-refractivity contribution in [2.24, 2.45) is 5.92 Å². The summed E-state index contributed by atoms with van der Waals surface area (Å²) < 4.78 is 28.6. The van der Waals surface area contributed by atoms with Gasteiger partial charge in [-0.1, -0.05) is 27.7 Å². The van der Waals surface area contributed by atoms with Crippen molar-refractivity contribution in [1.82, 2.24) is 0 Å². The number of halogens is 3. The Morgan fingerprint density at radius 2 is 1.93 bits per heavy atom. The van der Waals surface area contributed by atoms with Gasteiger partial charge >= 0.3 is 0 Å². The monoisotopic (exact) mass is 315 g/mol. The second-order valence-corrected chi connectivity index (χ2v) is 7.82. The van der Waals surface area contributed by atoms with E-state index in [1.54, 1.807) is 23.1 Å². The summed E-state index contributed by atoms with van der Waals surface area (Å²) >= 11 is 6.64. The van der Waals surface area contributed by atoms with E-state index in [4.69, 9.17) is 0 Å². The van der Waals surface area contributed by atoms with Crippen LogP contribution in [0.25, 0.3) is 0 Å². The fraction of sp³-hybridized carbons (Fsp3) is 0.900. The highest BCUT2D eigenvalue weighted by Gasteiger charge is 2.45. The van der Waals surface area contributed by atoms with E-state index in [2.05, 4.69) is 15.9 Å². The summed E-state index contributed by atoms with van der Waals surface area (Å²) in [6, 6.07) is 0. The summed E-state index contributed by atoms with van der Waals surface area (Å²) in [5, 5.41) is 0. The standard InChI is InChI=1S/C10H14BrF2S2/c11-6-4-7(12)9(8(13)5-6)10-14-2-1-3-15-10/h6-9H,1-5H2/q+1. The molecule has 0 saturated heterocycles. The number of hydrogen-bond acceptors (Lipinski definition) is 1. The minimum atomic E-state index is -1.01. The summed E-state index contributed by atoms with van der Waals surface area (Å²) in [5.41, 5.74) is 0. The van der Waals surface area contributed by atoms with Crippen molar-refractivity contribution in [3.63, 3.8) is 0 Å². The number of thioether (sulfide) groups is 1. The van der Waals surface area contributed by atoms with Gasteiger partial charge in [-0.2, -0.15) is 0 Å². The molecule has 0 radical (unpaired) electrons. The quantitative estimate of drug-likeness (QED) is 0.407. The van der Waals surface area contributed by atoms with Gasteiger partial charge in [0.05, 0.1) is 0 Å². The van der Waals surface area contributed by atoms with Crippen LogP contribution in [0, 0.1) is 5.92 Å². The highest BCUT2D eigenvalue weighted by Crippen LogP contribution is 2.37. The Morgan fingerprint density at radius 1 is 1.27 bits per heavy atom. The molecule has 1 aliphatic heterocycles. The fourth-order valence-electron chi connectivity index (χ4n) is 2.04. The first-order valence-electron chi connectivity index (χ1n) is 5.23. The van der Waals surface area contributed by atoms with Crippen LogP contribution in [0.5, 0.6) is 0 Å². The molecule has 0 aromatic rings. The predicted octanol–water partition coefficient (Wildman–Crippen LogP) is 3.19. The third kappa shape index (κ3) is 2.91. The molecule has 0 amide bonds. The van der Waals surface area contributed by atoms with Gasteiger partial charge in [0.1, 0.15) is 18.3 Å². The van der Waals surface area contributed by atoms with E-state index in [-0.39, 0.29) is 4.83 Å². The van der Waals surface area contributed by atoms with Crippen LogP contribution in [0.2, 0.25) is 0 Å². The van der Waals surface area contributed by atoms with Gasteiger partial charge in [-0.3, -0.25) is 0 Å². The van der Waals surface area contributed by atoms with Gasteiger partial charge < -0.3 is 0 Å². The number of hydrogen-bond donors (Lipinski definition) is 0. The Kier molecular flexibility index (Phi) is 4.41. The molecule has 0 aromatic heterocycles. The van der Waals surface area contributed by atoms with Crippen LogP contribution in [0.3, 0.4) is 0 Å². The van der Waals surface area contributed by atoms with Crippen molar-refractivity contribution < 1.29 is 8.78 Å². The number of rotatable bonds is 1. The molecule has 1 saturated carbocycles. The van der Waals surface area contributed by atoms with E-state index in [1.165, 1.54) is 0 Å².